The Bertz CT molecular complexity index is 246. The summed E-state index contributed by atoms with van der Waals surface area (Å²) in [5.41, 5.74) is 2.67. The van der Waals surface area contributed by atoms with E-state index in [1.165, 1.54) is 24.1 Å². The van der Waals surface area contributed by atoms with Crippen LogP contribution in [0.2, 0.25) is 0 Å². The number of hydrogen-bond acceptors (Lipinski definition) is 1. The first-order valence-corrected chi connectivity index (χ1v) is 3.77. The van der Waals surface area contributed by atoms with Crippen molar-refractivity contribution in [1.82, 2.24) is 9.78 Å². The number of rotatable bonds is 1. The summed E-state index contributed by atoms with van der Waals surface area (Å²) >= 11 is 0. The van der Waals surface area contributed by atoms with Crippen molar-refractivity contribution in [2.75, 3.05) is 0 Å². The van der Waals surface area contributed by atoms with E-state index in [-0.39, 0.29) is 0 Å². The molecule has 1 saturated carbocycles. The maximum atomic E-state index is 4.29. The van der Waals surface area contributed by atoms with E-state index >= 15 is 0 Å². The summed E-state index contributed by atoms with van der Waals surface area (Å²) in [5, 5.41) is 4.29. The van der Waals surface area contributed by atoms with Crippen molar-refractivity contribution in [1.29, 1.82) is 0 Å². The highest BCUT2D eigenvalue weighted by molar-refractivity contribution is 5.24. The average molecular weight is 136 g/mol. The van der Waals surface area contributed by atoms with Crippen LogP contribution in [0.4, 0.5) is 0 Å². The van der Waals surface area contributed by atoms with Crippen LogP contribution in [-0.2, 0) is 7.05 Å². The largest absolute Gasteiger partial charge is 0.275 e. The summed E-state index contributed by atoms with van der Waals surface area (Å²) in [6.07, 6.45) is 4.88. The van der Waals surface area contributed by atoms with Gasteiger partial charge in [0.2, 0.25) is 0 Å². The molecule has 0 aliphatic heterocycles. The van der Waals surface area contributed by atoms with E-state index in [1.807, 2.05) is 11.7 Å². The Morgan fingerprint density at radius 3 is 2.70 bits per heavy atom. The van der Waals surface area contributed by atoms with Crippen molar-refractivity contribution >= 4 is 0 Å². The lowest BCUT2D eigenvalue weighted by Crippen LogP contribution is -1.86. The van der Waals surface area contributed by atoms with Crippen LogP contribution >= 0.6 is 0 Å². The van der Waals surface area contributed by atoms with E-state index in [0.29, 0.717) is 0 Å². The van der Waals surface area contributed by atoms with Crippen LogP contribution in [0.15, 0.2) is 6.20 Å². The highest BCUT2D eigenvalue weighted by atomic mass is 15.2. The second kappa shape index (κ2) is 1.84. The molecule has 2 heteroatoms. The summed E-state index contributed by atoms with van der Waals surface area (Å²) in [6.45, 7) is 2.09. The van der Waals surface area contributed by atoms with Crippen LogP contribution < -0.4 is 0 Å². The van der Waals surface area contributed by atoms with E-state index in [1.54, 1.807) is 0 Å². The van der Waals surface area contributed by atoms with Crippen molar-refractivity contribution in [3.63, 3.8) is 0 Å². The zero-order valence-corrected chi connectivity index (χ0v) is 6.46. The minimum Gasteiger partial charge on any atom is -0.275 e. The lowest BCUT2D eigenvalue weighted by molar-refractivity contribution is 0.756. The van der Waals surface area contributed by atoms with Gasteiger partial charge in [-0.05, 0) is 31.2 Å². The Hall–Kier alpha value is -0.790. The lowest BCUT2D eigenvalue weighted by Gasteiger charge is -1.88. The summed E-state index contributed by atoms with van der Waals surface area (Å²) in [6, 6.07) is 0. The van der Waals surface area contributed by atoms with Crippen molar-refractivity contribution < 1.29 is 0 Å². The zero-order chi connectivity index (χ0) is 7.14. The normalized spacial score (nSPS) is 17.8. The lowest BCUT2D eigenvalue weighted by atomic mass is 10.2. The number of nitrogens with zero attached hydrogens (tertiary/aromatic N) is 2. The molecule has 0 aromatic carbocycles. The quantitative estimate of drug-likeness (QED) is 0.573. The summed E-state index contributed by atoms with van der Waals surface area (Å²) in [5.74, 6) is 0.841. The van der Waals surface area contributed by atoms with E-state index in [2.05, 4.69) is 18.2 Å². The van der Waals surface area contributed by atoms with Crippen LogP contribution in [0.5, 0.6) is 0 Å². The third-order valence-electron chi connectivity index (χ3n) is 2.07. The standard InChI is InChI=1S/C8H12N2/c1-6-8(7-3-4-7)5-10(2)9-6/h5,7H,3-4H2,1-2H3. The Labute approximate surface area is 60.9 Å². The van der Waals surface area contributed by atoms with Crippen molar-refractivity contribution in [3.05, 3.63) is 17.5 Å². The Kier molecular flexibility index (Phi) is 1.10. The van der Waals surface area contributed by atoms with Crippen molar-refractivity contribution in [3.8, 4) is 0 Å². The fraction of sp³-hybridized carbons (Fsp3) is 0.625. The second-order valence-electron chi connectivity index (χ2n) is 3.12. The smallest absolute Gasteiger partial charge is 0.0628 e. The molecule has 0 spiro atoms. The first-order chi connectivity index (χ1) is 4.77. The molecule has 0 saturated heterocycles. The minimum absolute atomic E-state index is 0.841. The van der Waals surface area contributed by atoms with Gasteiger partial charge < -0.3 is 0 Å². The molecule has 10 heavy (non-hydrogen) atoms. The third kappa shape index (κ3) is 0.838. The van der Waals surface area contributed by atoms with Gasteiger partial charge in [0.25, 0.3) is 0 Å². The van der Waals surface area contributed by atoms with Crippen LogP contribution in [-0.4, -0.2) is 9.78 Å². The van der Waals surface area contributed by atoms with Crippen LogP contribution in [0.3, 0.4) is 0 Å². The predicted molar refractivity (Wildman–Crippen MR) is 39.9 cm³/mol. The first kappa shape index (κ1) is 5.96. The third-order valence-corrected chi connectivity index (χ3v) is 2.07. The highest BCUT2D eigenvalue weighted by Crippen LogP contribution is 2.40. The van der Waals surface area contributed by atoms with Gasteiger partial charge in [-0.15, -0.1) is 0 Å². The molecule has 0 N–H and O–H groups in total. The monoisotopic (exact) mass is 136 g/mol. The molecule has 1 heterocycles. The molecule has 0 atom stereocenters. The second-order valence-corrected chi connectivity index (χ2v) is 3.12. The Morgan fingerprint density at radius 1 is 1.60 bits per heavy atom. The molecule has 2 rings (SSSR count). The van der Waals surface area contributed by atoms with Gasteiger partial charge >= 0.3 is 0 Å². The maximum Gasteiger partial charge on any atom is 0.0628 e. The number of aryl methyl sites for hydroxylation is 2. The van der Waals surface area contributed by atoms with Crippen molar-refractivity contribution in [2.45, 2.75) is 25.7 Å². The minimum atomic E-state index is 0.841. The summed E-state index contributed by atoms with van der Waals surface area (Å²) in [7, 11) is 1.98. The van der Waals surface area contributed by atoms with Crippen LogP contribution in [0, 0.1) is 6.92 Å². The number of hydrogen-bond donors (Lipinski definition) is 0. The molecule has 1 fully saturated rings. The van der Waals surface area contributed by atoms with Gasteiger partial charge in [-0.2, -0.15) is 5.10 Å². The van der Waals surface area contributed by atoms with Gasteiger partial charge in [0.05, 0.1) is 5.69 Å². The topological polar surface area (TPSA) is 17.8 Å². The molecule has 1 aromatic rings. The van der Waals surface area contributed by atoms with Gasteiger partial charge in [0, 0.05) is 13.2 Å². The van der Waals surface area contributed by atoms with Crippen LogP contribution in [0.1, 0.15) is 30.0 Å². The molecule has 1 aliphatic rings. The van der Waals surface area contributed by atoms with E-state index in [0.717, 1.165) is 5.92 Å². The van der Waals surface area contributed by atoms with Crippen molar-refractivity contribution in [2.24, 2.45) is 7.05 Å². The molecule has 0 bridgehead atoms. The van der Waals surface area contributed by atoms with Gasteiger partial charge in [-0.25, -0.2) is 0 Å². The molecule has 1 aliphatic carbocycles. The molecular weight excluding hydrogens is 124 g/mol. The molecule has 0 radical (unpaired) electrons. The average Bonchev–Trinajstić information content (AvgIpc) is 2.61. The Balaban J connectivity index is 2.38. The molecule has 0 amide bonds. The Morgan fingerprint density at radius 2 is 2.30 bits per heavy atom. The van der Waals surface area contributed by atoms with E-state index < -0.39 is 0 Å². The highest BCUT2D eigenvalue weighted by Gasteiger charge is 2.26. The fourth-order valence-corrected chi connectivity index (χ4v) is 1.41. The van der Waals surface area contributed by atoms with Gasteiger partial charge in [0.15, 0.2) is 0 Å². The van der Waals surface area contributed by atoms with Gasteiger partial charge in [0.1, 0.15) is 0 Å². The molecular formula is C8H12N2. The summed E-state index contributed by atoms with van der Waals surface area (Å²) in [4.78, 5) is 0. The van der Waals surface area contributed by atoms with Gasteiger partial charge in [-0.1, -0.05) is 0 Å². The van der Waals surface area contributed by atoms with Gasteiger partial charge in [-0.3, -0.25) is 4.68 Å². The fourth-order valence-electron chi connectivity index (χ4n) is 1.41. The molecule has 0 unspecified atom stereocenters. The van der Waals surface area contributed by atoms with E-state index in [9.17, 15) is 0 Å². The molecule has 1 aromatic heterocycles. The number of aromatic nitrogens is 2. The molecule has 54 valence electrons. The van der Waals surface area contributed by atoms with Crippen LogP contribution in [0.25, 0.3) is 0 Å². The summed E-state index contributed by atoms with van der Waals surface area (Å²) < 4.78 is 1.91. The first-order valence-electron chi connectivity index (χ1n) is 3.77. The molecule has 2 nitrogen and oxygen atoms in total. The zero-order valence-electron chi connectivity index (χ0n) is 6.46. The predicted octanol–water partition coefficient (Wildman–Crippen LogP) is 1.61. The maximum absolute atomic E-state index is 4.29. The SMILES string of the molecule is Cc1nn(C)cc1C1CC1. The van der Waals surface area contributed by atoms with E-state index in [4.69, 9.17) is 0 Å².